The molecule has 0 radical (unpaired) electrons. The maximum Gasteiger partial charge on any atom is 0.0739 e. The molecular weight excluding hydrogens is 294 g/mol. The Morgan fingerprint density at radius 2 is 2.11 bits per heavy atom. The summed E-state index contributed by atoms with van der Waals surface area (Å²) < 4.78 is 8.40. The third-order valence-electron chi connectivity index (χ3n) is 3.14. The summed E-state index contributed by atoms with van der Waals surface area (Å²) >= 11 is 3.61. The molecule has 4 nitrogen and oxygen atoms in total. The third kappa shape index (κ3) is 3.80. The zero-order valence-corrected chi connectivity index (χ0v) is 13.5. The molecule has 1 heterocycles. The number of ether oxygens (including phenoxy) is 1. The van der Waals surface area contributed by atoms with E-state index in [9.17, 15) is 0 Å². The van der Waals surface area contributed by atoms with Crippen LogP contribution in [0, 0.1) is 12.8 Å². The zero-order valence-electron chi connectivity index (χ0n) is 12.0. The van der Waals surface area contributed by atoms with E-state index in [4.69, 9.17) is 4.74 Å². The molecule has 1 N–H and O–H groups in total. The van der Waals surface area contributed by atoms with E-state index in [2.05, 4.69) is 47.1 Å². The Hall–Kier alpha value is -0.390. The molecule has 1 unspecified atom stereocenters. The van der Waals surface area contributed by atoms with Crippen LogP contribution in [0.1, 0.15) is 32.2 Å². The van der Waals surface area contributed by atoms with Gasteiger partial charge in [-0.25, -0.2) is 0 Å². The molecule has 0 fully saturated rings. The van der Waals surface area contributed by atoms with E-state index in [1.807, 2.05) is 11.6 Å². The van der Waals surface area contributed by atoms with E-state index in [-0.39, 0.29) is 0 Å². The fraction of sp³-hybridized carbons (Fsp3) is 0.769. The van der Waals surface area contributed by atoms with Crippen LogP contribution in [0.15, 0.2) is 4.47 Å². The van der Waals surface area contributed by atoms with Gasteiger partial charge in [0.1, 0.15) is 0 Å². The van der Waals surface area contributed by atoms with Crippen LogP contribution in [-0.2, 0) is 17.8 Å². The van der Waals surface area contributed by atoms with Crippen molar-refractivity contribution in [3.05, 3.63) is 15.9 Å². The first-order chi connectivity index (χ1) is 8.51. The second kappa shape index (κ2) is 7.26. The van der Waals surface area contributed by atoms with Gasteiger partial charge in [-0.05, 0) is 35.7 Å². The van der Waals surface area contributed by atoms with Crippen molar-refractivity contribution in [1.82, 2.24) is 15.1 Å². The Bertz CT molecular complexity index is 377. The Kier molecular flexibility index (Phi) is 6.32. The van der Waals surface area contributed by atoms with Crippen molar-refractivity contribution < 1.29 is 4.74 Å². The minimum atomic E-state index is 0.363. The normalized spacial score (nSPS) is 13.3. The monoisotopic (exact) mass is 317 g/mol. The highest BCUT2D eigenvalue weighted by atomic mass is 79.9. The lowest BCUT2D eigenvalue weighted by molar-refractivity contribution is 0.146. The largest absolute Gasteiger partial charge is 0.383 e. The number of hydrogen-bond donors (Lipinski definition) is 1. The molecule has 0 aliphatic rings. The minimum Gasteiger partial charge on any atom is -0.383 e. The third-order valence-corrected chi connectivity index (χ3v) is 4.17. The summed E-state index contributed by atoms with van der Waals surface area (Å²) in [5.74, 6) is 0.544. The summed E-state index contributed by atoms with van der Waals surface area (Å²) in [4.78, 5) is 0. The van der Waals surface area contributed by atoms with Gasteiger partial charge in [-0.3, -0.25) is 4.68 Å². The molecule has 1 aromatic heterocycles. The van der Waals surface area contributed by atoms with Crippen LogP contribution in [0.4, 0.5) is 0 Å². The molecule has 0 aliphatic carbocycles. The molecule has 0 aromatic carbocycles. The molecular formula is C13H24BrN3O. The van der Waals surface area contributed by atoms with Crippen LogP contribution in [0.25, 0.3) is 0 Å². The van der Waals surface area contributed by atoms with Gasteiger partial charge in [-0.1, -0.05) is 13.8 Å². The van der Waals surface area contributed by atoms with Gasteiger partial charge in [0.25, 0.3) is 0 Å². The second-order valence-corrected chi connectivity index (χ2v) is 5.64. The summed E-state index contributed by atoms with van der Waals surface area (Å²) in [6.07, 6.45) is 0. The fourth-order valence-electron chi connectivity index (χ4n) is 1.93. The van der Waals surface area contributed by atoms with Crippen molar-refractivity contribution in [3.63, 3.8) is 0 Å². The molecule has 0 spiro atoms. The Morgan fingerprint density at radius 3 is 2.61 bits per heavy atom. The SMILES string of the molecule is CCn1nc(C)c(Br)c1CNC(COC)C(C)C. The average molecular weight is 318 g/mol. The number of aryl methyl sites for hydroxylation is 2. The van der Waals surface area contributed by atoms with Crippen molar-refractivity contribution in [2.45, 2.75) is 46.8 Å². The van der Waals surface area contributed by atoms with Crippen LogP contribution in [0.5, 0.6) is 0 Å². The lowest BCUT2D eigenvalue weighted by atomic mass is 10.1. The first kappa shape index (κ1) is 15.7. The van der Waals surface area contributed by atoms with Crippen LogP contribution in [0.2, 0.25) is 0 Å². The van der Waals surface area contributed by atoms with Crippen molar-refractivity contribution >= 4 is 15.9 Å². The number of nitrogens with one attached hydrogen (secondary N) is 1. The number of hydrogen-bond acceptors (Lipinski definition) is 3. The summed E-state index contributed by atoms with van der Waals surface area (Å²) in [5.41, 5.74) is 2.25. The van der Waals surface area contributed by atoms with Crippen LogP contribution in [-0.4, -0.2) is 29.5 Å². The van der Waals surface area contributed by atoms with Gasteiger partial charge >= 0.3 is 0 Å². The van der Waals surface area contributed by atoms with Crippen LogP contribution >= 0.6 is 15.9 Å². The number of aromatic nitrogens is 2. The van der Waals surface area contributed by atoms with E-state index < -0.39 is 0 Å². The lowest BCUT2D eigenvalue weighted by Crippen LogP contribution is -2.37. The summed E-state index contributed by atoms with van der Waals surface area (Å²) in [7, 11) is 1.74. The lowest BCUT2D eigenvalue weighted by Gasteiger charge is -2.21. The summed E-state index contributed by atoms with van der Waals surface area (Å²) in [5, 5.41) is 8.05. The maximum absolute atomic E-state index is 5.25. The molecule has 0 bridgehead atoms. The van der Waals surface area contributed by atoms with E-state index >= 15 is 0 Å². The number of rotatable bonds is 7. The van der Waals surface area contributed by atoms with E-state index in [0.29, 0.717) is 12.0 Å². The van der Waals surface area contributed by atoms with Gasteiger partial charge in [-0.15, -0.1) is 0 Å². The topological polar surface area (TPSA) is 39.1 Å². The molecule has 18 heavy (non-hydrogen) atoms. The van der Waals surface area contributed by atoms with Crippen molar-refractivity contribution in [1.29, 1.82) is 0 Å². The van der Waals surface area contributed by atoms with E-state index in [1.165, 1.54) is 5.69 Å². The summed E-state index contributed by atoms with van der Waals surface area (Å²) in [6, 6.07) is 0.363. The van der Waals surface area contributed by atoms with E-state index in [1.54, 1.807) is 7.11 Å². The highest BCUT2D eigenvalue weighted by Crippen LogP contribution is 2.21. The van der Waals surface area contributed by atoms with Crippen molar-refractivity contribution in [3.8, 4) is 0 Å². The molecule has 5 heteroatoms. The molecule has 0 aliphatic heterocycles. The fourth-order valence-corrected chi connectivity index (χ4v) is 2.36. The standard InChI is InChI=1S/C13H24BrN3O/c1-6-17-12(13(14)10(4)16-17)7-15-11(8-18-5)9(2)3/h9,11,15H,6-8H2,1-5H3. The first-order valence-electron chi connectivity index (χ1n) is 6.45. The smallest absolute Gasteiger partial charge is 0.0739 e. The highest BCUT2D eigenvalue weighted by Gasteiger charge is 2.16. The average Bonchev–Trinajstić information content (AvgIpc) is 2.60. The van der Waals surface area contributed by atoms with Gasteiger partial charge < -0.3 is 10.1 Å². The van der Waals surface area contributed by atoms with Crippen molar-refractivity contribution in [2.75, 3.05) is 13.7 Å². The molecule has 0 saturated carbocycles. The molecule has 0 saturated heterocycles. The maximum atomic E-state index is 5.25. The Balaban J connectivity index is 2.72. The van der Waals surface area contributed by atoms with Gasteiger partial charge in [0, 0.05) is 26.2 Å². The van der Waals surface area contributed by atoms with Gasteiger partial charge in [0.05, 0.1) is 22.5 Å². The molecule has 104 valence electrons. The first-order valence-corrected chi connectivity index (χ1v) is 7.24. The predicted octanol–water partition coefficient (Wildman–Crippen LogP) is 2.73. The molecule has 1 atom stereocenters. The van der Waals surface area contributed by atoms with Crippen molar-refractivity contribution in [2.24, 2.45) is 5.92 Å². The number of nitrogens with zero attached hydrogens (tertiary/aromatic N) is 2. The number of methoxy groups -OCH3 is 1. The summed E-state index contributed by atoms with van der Waals surface area (Å²) in [6.45, 7) is 11.0. The Labute approximate surface area is 118 Å². The van der Waals surface area contributed by atoms with Gasteiger partial charge in [0.2, 0.25) is 0 Å². The molecule has 1 rings (SSSR count). The van der Waals surface area contributed by atoms with E-state index in [0.717, 1.165) is 29.9 Å². The molecule has 1 aromatic rings. The quantitative estimate of drug-likeness (QED) is 0.840. The zero-order chi connectivity index (χ0) is 13.7. The van der Waals surface area contributed by atoms with Gasteiger partial charge in [-0.2, -0.15) is 5.10 Å². The van der Waals surface area contributed by atoms with Gasteiger partial charge in [0.15, 0.2) is 0 Å². The molecule has 0 amide bonds. The predicted molar refractivity (Wildman–Crippen MR) is 77.7 cm³/mol. The van der Waals surface area contributed by atoms with Crippen LogP contribution in [0.3, 0.4) is 0 Å². The van der Waals surface area contributed by atoms with Crippen LogP contribution < -0.4 is 5.32 Å². The second-order valence-electron chi connectivity index (χ2n) is 4.85. The minimum absolute atomic E-state index is 0.363. The number of halogens is 1. The highest BCUT2D eigenvalue weighted by molar-refractivity contribution is 9.10. The Morgan fingerprint density at radius 1 is 1.44 bits per heavy atom.